The summed E-state index contributed by atoms with van der Waals surface area (Å²) in [6.45, 7) is -1.04. The van der Waals surface area contributed by atoms with E-state index in [1.165, 1.54) is 61.7 Å². The number of carboxylic acids is 1. The Hall–Kier alpha value is -4.87. The molecule has 2 heterocycles. The average molecular weight is 797 g/mol. The van der Waals surface area contributed by atoms with Crippen LogP contribution in [0.5, 0.6) is 23.0 Å². The van der Waals surface area contributed by atoms with Crippen LogP contribution < -0.4 is 9.47 Å². The lowest BCUT2D eigenvalue weighted by Gasteiger charge is -2.43. The van der Waals surface area contributed by atoms with Crippen LogP contribution in [0.15, 0.2) is 48.6 Å². The number of phenolic OH excluding ortho intramolecular Hbond substituents is 2. The van der Waals surface area contributed by atoms with E-state index in [9.17, 15) is 65.4 Å². The van der Waals surface area contributed by atoms with Crippen molar-refractivity contribution in [3.63, 3.8) is 0 Å². The second kappa shape index (κ2) is 19.3. The summed E-state index contributed by atoms with van der Waals surface area (Å²) in [5, 5.41) is 101. The predicted octanol–water partition coefficient (Wildman–Crippen LogP) is -1.84. The number of phenols is 2. The minimum Gasteiger partial charge on any atom is -0.508 e. The van der Waals surface area contributed by atoms with Crippen LogP contribution in [0, 0.1) is 0 Å². The molecule has 0 spiro atoms. The number of aliphatic hydroxyl groups is 7. The quantitative estimate of drug-likeness (QED) is 0.0659. The molecular formula is C36H44O20. The Kier molecular flexibility index (Phi) is 15.1. The highest BCUT2D eigenvalue weighted by Crippen LogP contribution is 2.40. The fourth-order valence-electron chi connectivity index (χ4n) is 5.64. The molecule has 20 heteroatoms. The van der Waals surface area contributed by atoms with Gasteiger partial charge in [-0.15, -0.1) is 0 Å². The van der Waals surface area contributed by atoms with E-state index in [1.54, 1.807) is 0 Å². The number of hydrogen-bond donors (Lipinski definition) is 10. The SMILES string of the molecule is COc1cc(/C=C/COC(=O)C(C)(CC(=O)O)O[C@@H]2O[C@H](CO)[C@@H](OC(=O)/C=C/c3ccc(O)cc3)[C@H](O)[C@H]2O)cc(O)c1O[C@@H]1O[C@H](CO)[C@@H](O)[C@H](O)[C@H]1O. The van der Waals surface area contributed by atoms with Crippen molar-refractivity contribution in [3.8, 4) is 23.0 Å². The normalized spacial score (nSPS) is 29.1. The van der Waals surface area contributed by atoms with Gasteiger partial charge in [-0.25, -0.2) is 9.59 Å². The second-order valence-corrected chi connectivity index (χ2v) is 12.8. The minimum absolute atomic E-state index is 0.00298. The van der Waals surface area contributed by atoms with Crippen LogP contribution in [0.2, 0.25) is 0 Å². The van der Waals surface area contributed by atoms with Gasteiger partial charge < -0.3 is 84.2 Å². The number of methoxy groups -OCH3 is 1. The number of esters is 2. The molecule has 1 unspecified atom stereocenters. The highest BCUT2D eigenvalue weighted by atomic mass is 16.7. The summed E-state index contributed by atoms with van der Waals surface area (Å²) in [6.07, 6.45) is -13.1. The molecule has 2 aliphatic heterocycles. The fourth-order valence-corrected chi connectivity index (χ4v) is 5.64. The van der Waals surface area contributed by atoms with E-state index in [2.05, 4.69) is 0 Å². The van der Waals surface area contributed by atoms with Gasteiger partial charge in [0.05, 0.1) is 26.7 Å². The highest BCUT2D eigenvalue weighted by Gasteiger charge is 2.51. The summed E-state index contributed by atoms with van der Waals surface area (Å²) >= 11 is 0. The minimum atomic E-state index is -2.34. The molecular weight excluding hydrogens is 752 g/mol. The third-order valence-corrected chi connectivity index (χ3v) is 8.66. The van der Waals surface area contributed by atoms with E-state index in [-0.39, 0.29) is 22.8 Å². The molecule has 2 fully saturated rings. The molecule has 4 rings (SSSR count). The Labute approximate surface area is 318 Å². The van der Waals surface area contributed by atoms with E-state index < -0.39 is 117 Å². The molecule has 20 nitrogen and oxygen atoms in total. The molecule has 0 bridgehead atoms. The molecule has 11 atom stereocenters. The third-order valence-electron chi connectivity index (χ3n) is 8.66. The third kappa shape index (κ3) is 10.7. The Morgan fingerprint density at radius 2 is 1.46 bits per heavy atom. The molecule has 2 aliphatic rings. The topological polar surface area (TPSA) is 318 Å². The summed E-state index contributed by atoms with van der Waals surface area (Å²) in [5.74, 6) is -4.69. The Balaban J connectivity index is 1.39. The van der Waals surface area contributed by atoms with Gasteiger partial charge in [-0.2, -0.15) is 0 Å². The van der Waals surface area contributed by atoms with Crippen LogP contribution in [0.4, 0.5) is 0 Å². The first-order chi connectivity index (χ1) is 26.5. The Morgan fingerprint density at radius 1 is 0.821 bits per heavy atom. The number of aromatic hydroxyl groups is 2. The van der Waals surface area contributed by atoms with Crippen LogP contribution in [-0.2, 0) is 38.1 Å². The van der Waals surface area contributed by atoms with Crippen molar-refractivity contribution in [2.45, 2.75) is 80.4 Å². The van der Waals surface area contributed by atoms with Gasteiger partial charge in [0.1, 0.15) is 55.1 Å². The molecule has 0 saturated carbocycles. The first-order valence-corrected chi connectivity index (χ1v) is 16.9. The molecule has 0 radical (unpaired) electrons. The first-order valence-electron chi connectivity index (χ1n) is 16.9. The van der Waals surface area contributed by atoms with Crippen LogP contribution >= 0.6 is 0 Å². The standard InChI is InChI=1S/C36H44O20/c1-36(14-24(41)42,56-34-30(48)28(46)32(23(16-38)53-34)54-25(43)10-7-17-5-8-19(39)9-6-17)35(49)51-11-3-4-18-12-20(40)31(21(13-18)50-2)55-33-29(47)27(45)26(44)22(15-37)52-33/h3-10,12-13,22-23,26-30,32-34,37-40,44-48H,11,14-16H2,1-2H3,(H,41,42)/b4-3+,10-7+/t22-,23-,26-,27+,28-,29-,30-,32-,33+,34+,36?/m1/s1. The van der Waals surface area contributed by atoms with Gasteiger partial charge in [-0.3, -0.25) is 4.79 Å². The number of rotatable bonds is 16. The smallest absolute Gasteiger partial charge is 0.339 e. The Bertz CT molecular complexity index is 1710. The summed E-state index contributed by atoms with van der Waals surface area (Å²) in [6, 6.07) is 8.32. The number of ether oxygens (including phenoxy) is 7. The zero-order valence-electron chi connectivity index (χ0n) is 29.9. The van der Waals surface area contributed by atoms with Gasteiger partial charge in [-0.05, 0) is 54.5 Å². The zero-order valence-corrected chi connectivity index (χ0v) is 29.9. The second-order valence-electron chi connectivity index (χ2n) is 12.8. The van der Waals surface area contributed by atoms with Gasteiger partial charge in [0.25, 0.3) is 0 Å². The van der Waals surface area contributed by atoms with Crippen molar-refractivity contribution in [3.05, 3.63) is 59.7 Å². The molecule has 0 amide bonds. The van der Waals surface area contributed by atoms with Gasteiger partial charge in [-0.1, -0.05) is 18.2 Å². The Morgan fingerprint density at radius 3 is 2.09 bits per heavy atom. The maximum absolute atomic E-state index is 13.2. The molecule has 0 aliphatic carbocycles. The summed E-state index contributed by atoms with van der Waals surface area (Å²) in [5.41, 5.74) is -1.56. The summed E-state index contributed by atoms with van der Waals surface area (Å²) < 4.78 is 37.6. The lowest BCUT2D eigenvalue weighted by molar-refractivity contribution is -0.324. The lowest BCUT2D eigenvalue weighted by atomic mass is 9.97. The fraction of sp³-hybridized carbons (Fsp3) is 0.472. The molecule has 56 heavy (non-hydrogen) atoms. The van der Waals surface area contributed by atoms with Crippen molar-refractivity contribution in [2.24, 2.45) is 0 Å². The van der Waals surface area contributed by atoms with E-state index in [0.717, 1.165) is 13.0 Å². The number of carboxylic acid groups (broad SMARTS) is 1. The van der Waals surface area contributed by atoms with Gasteiger partial charge in [0.15, 0.2) is 29.5 Å². The maximum atomic E-state index is 13.2. The van der Waals surface area contributed by atoms with Crippen LogP contribution in [-0.4, -0.2) is 163 Å². The van der Waals surface area contributed by atoms with E-state index in [1.807, 2.05) is 0 Å². The number of carbonyl (C=O) groups is 3. The predicted molar refractivity (Wildman–Crippen MR) is 186 cm³/mol. The molecule has 2 aromatic rings. The van der Waals surface area contributed by atoms with E-state index in [4.69, 9.17) is 33.2 Å². The van der Waals surface area contributed by atoms with Crippen LogP contribution in [0.25, 0.3) is 12.2 Å². The van der Waals surface area contributed by atoms with Crippen molar-refractivity contribution in [1.82, 2.24) is 0 Å². The summed E-state index contributed by atoms with van der Waals surface area (Å²) in [7, 11) is 1.23. The van der Waals surface area contributed by atoms with Crippen molar-refractivity contribution < 1.29 is 98.6 Å². The number of aliphatic carboxylic acids is 1. The number of benzene rings is 2. The molecule has 308 valence electrons. The van der Waals surface area contributed by atoms with Crippen molar-refractivity contribution >= 4 is 30.1 Å². The van der Waals surface area contributed by atoms with Gasteiger partial charge in [0, 0.05) is 6.08 Å². The number of aliphatic hydroxyl groups excluding tert-OH is 7. The lowest BCUT2D eigenvalue weighted by Crippen LogP contribution is -2.62. The van der Waals surface area contributed by atoms with Crippen LogP contribution in [0.1, 0.15) is 24.5 Å². The van der Waals surface area contributed by atoms with Crippen molar-refractivity contribution in [1.29, 1.82) is 0 Å². The monoisotopic (exact) mass is 796 g/mol. The largest absolute Gasteiger partial charge is 0.508 e. The number of carbonyl (C=O) groups excluding carboxylic acids is 2. The zero-order chi connectivity index (χ0) is 41.3. The molecule has 0 aromatic heterocycles. The molecule has 2 aromatic carbocycles. The van der Waals surface area contributed by atoms with Gasteiger partial charge >= 0.3 is 17.9 Å². The number of hydrogen-bond acceptors (Lipinski definition) is 19. The molecule has 10 N–H and O–H groups in total. The first kappa shape index (κ1) is 43.9. The van der Waals surface area contributed by atoms with Crippen molar-refractivity contribution in [2.75, 3.05) is 26.9 Å². The van der Waals surface area contributed by atoms with Gasteiger partial charge in [0.2, 0.25) is 12.0 Å². The van der Waals surface area contributed by atoms with Crippen LogP contribution in [0.3, 0.4) is 0 Å². The maximum Gasteiger partial charge on any atom is 0.339 e. The van der Waals surface area contributed by atoms with E-state index in [0.29, 0.717) is 5.56 Å². The highest BCUT2D eigenvalue weighted by molar-refractivity contribution is 5.87. The average Bonchev–Trinajstić information content (AvgIpc) is 3.16. The molecule has 2 saturated heterocycles. The van der Waals surface area contributed by atoms with E-state index >= 15 is 0 Å². The summed E-state index contributed by atoms with van der Waals surface area (Å²) in [4.78, 5) is 37.4.